The van der Waals surface area contributed by atoms with Crippen LogP contribution in [0.1, 0.15) is 6.92 Å². The highest BCUT2D eigenvalue weighted by Gasteiger charge is 2.23. The summed E-state index contributed by atoms with van der Waals surface area (Å²) in [6.07, 6.45) is 1.51. The molecule has 3 N–H and O–H groups in total. The number of nitrogens with one attached hydrogen (secondary N) is 1. The molecule has 0 heterocycles. The summed E-state index contributed by atoms with van der Waals surface area (Å²) in [6.45, 7) is 1.63. The summed E-state index contributed by atoms with van der Waals surface area (Å²) in [6, 6.07) is 4.02. The Morgan fingerprint density at radius 1 is 1.50 bits per heavy atom. The predicted molar refractivity (Wildman–Crippen MR) is 74.6 cm³/mol. The van der Waals surface area contributed by atoms with Crippen LogP contribution in [0.15, 0.2) is 23.1 Å². The lowest BCUT2D eigenvalue weighted by molar-refractivity contribution is 0.570. The van der Waals surface area contributed by atoms with Gasteiger partial charge in [0.05, 0.1) is 10.7 Å². The Bertz CT molecular complexity index is 540. The molecule has 1 aromatic rings. The van der Waals surface area contributed by atoms with E-state index in [0.29, 0.717) is 0 Å². The smallest absolute Gasteiger partial charge is 0.244 e. The first-order valence-electron chi connectivity index (χ1n) is 5.10. The van der Waals surface area contributed by atoms with Crippen LogP contribution in [0.4, 0.5) is 5.69 Å². The van der Waals surface area contributed by atoms with E-state index in [1.54, 1.807) is 13.0 Å². The summed E-state index contributed by atoms with van der Waals surface area (Å²) < 4.78 is 37.6. The minimum absolute atomic E-state index is 0.0623. The molecule has 0 saturated carbocycles. The van der Waals surface area contributed by atoms with Crippen LogP contribution < -0.4 is 10.5 Å². The van der Waals surface area contributed by atoms with Crippen molar-refractivity contribution in [2.45, 2.75) is 17.9 Å². The molecule has 0 fully saturated rings. The molecule has 0 aromatic heterocycles. The van der Waals surface area contributed by atoms with Gasteiger partial charge in [0, 0.05) is 28.9 Å². The molecule has 1 aromatic carbocycles. The van der Waals surface area contributed by atoms with Crippen LogP contribution in [0, 0.1) is 0 Å². The summed E-state index contributed by atoms with van der Waals surface area (Å²) in [5, 5.41) is 0.0623. The third kappa shape index (κ3) is 3.94. The van der Waals surface area contributed by atoms with Gasteiger partial charge in [-0.05, 0) is 19.1 Å². The van der Waals surface area contributed by atoms with Crippen molar-refractivity contribution in [1.29, 1.82) is 0 Å². The molecule has 18 heavy (non-hydrogen) atoms. The van der Waals surface area contributed by atoms with Crippen LogP contribution in [0.2, 0.25) is 5.02 Å². The number of hydrogen-bond acceptors (Lipinski definition) is 4. The maximum atomic E-state index is 12.1. The van der Waals surface area contributed by atoms with Gasteiger partial charge in [0.15, 0.2) is 0 Å². The maximum absolute atomic E-state index is 12.1. The molecule has 1 rings (SSSR count). The second-order valence-electron chi connectivity index (χ2n) is 3.92. The number of benzene rings is 1. The standard InChI is InChI=1S/C10H15ClN2O3S2/c1-7(6-17(2)14)13-18(15,16)10-8(11)4-3-5-9(10)12/h3-5,7,13H,6,12H2,1-2H3. The maximum Gasteiger partial charge on any atom is 0.244 e. The van der Waals surface area contributed by atoms with Gasteiger partial charge in [-0.15, -0.1) is 0 Å². The Morgan fingerprint density at radius 2 is 2.11 bits per heavy atom. The number of sulfonamides is 1. The predicted octanol–water partition coefficient (Wildman–Crippen LogP) is 0.968. The van der Waals surface area contributed by atoms with Crippen LogP contribution in [0.3, 0.4) is 0 Å². The van der Waals surface area contributed by atoms with E-state index in [-0.39, 0.29) is 21.4 Å². The summed E-state index contributed by atoms with van der Waals surface area (Å²) in [7, 11) is -4.90. The molecular formula is C10H15ClN2O3S2. The van der Waals surface area contributed by atoms with Gasteiger partial charge in [-0.25, -0.2) is 13.1 Å². The van der Waals surface area contributed by atoms with E-state index >= 15 is 0 Å². The number of nitrogens with two attached hydrogens (primary N) is 1. The molecule has 0 aliphatic heterocycles. The van der Waals surface area contributed by atoms with Crippen molar-refractivity contribution in [2.24, 2.45) is 0 Å². The topological polar surface area (TPSA) is 89.3 Å². The summed E-state index contributed by atoms with van der Waals surface area (Å²) in [5.74, 6) is 0.226. The van der Waals surface area contributed by atoms with Crippen LogP contribution in [0.25, 0.3) is 0 Å². The minimum atomic E-state index is -3.81. The first-order chi connectivity index (χ1) is 8.24. The Balaban J connectivity index is 3.04. The SMILES string of the molecule is CC(CS(C)=O)NS(=O)(=O)c1c(N)cccc1Cl. The van der Waals surface area contributed by atoms with Crippen molar-refractivity contribution in [3.63, 3.8) is 0 Å². The normalized spacial score (nSPS) is 15.3. The second-order valence-corrected chi connectivity index (χ2v) is 7.46. The molecule has 0 aliphatic carbocycles. The fourth-order valence-corrected chi connectivity index (χ4v) is 4.33. The van der Waals surface area contributed by atoms with Crippen molar-refractivity contribution >= 4 is 38.1 Å². The lowest BCUT2D eigenvalue weighted by Gasteiger charge is -2.15. The Hall–Kier alpha value is -0.630. The van der Waals surface area contributed by atoms with Gasteiger partial charge in [-0.3, -0.25) is 4.21 Å². The minimum Gasteiger partial charge on any atom is -0.398 e. The van der Waals surface area contributed by atoms with Crippen LogP contribution in [0.5, 0.6) is 0 Å². The number of anilines is 1. The highest BCUT2D eigenvalue weighted by Crippen LogP contribution is 2.26. The zero-order chi connectivity index (χ0) is 13.9. The van der Waals surface area contributed by atoms with Crippen molar-refractivity contribution in [1.82, 2.24) is 4.72 Å². The van der Waals surface area contributed by atoms with E-state index in [1.807, 2.05) is 0 Å². The Labute approximate surface area is 114 Å². The average molecular weight is 311 g/mol. The highest BCUT2D eigenvalue weighted by molar-refractivity contribution is 7.90. The molecular weight excluding hydrogens is 296 g/mol. The van der Waals surface area contributed by atoms with Crippen molar-refractivity contribution < 1.29 is 12.6 Å². The van der Waals surface area contributed by atoms with Gasteiger partial charge in [-0.2, -0.15) is 0 Å². The average Bonchev–Trinajstić information content (AvgIpc) is 2.13. The molecule has 0 bridgehead atoms. The first-order valence-corrected chi connectivity index (χ1v) is 8.69. The third-order valence-electron chi connectivity index (χ3n) is 2.11. The third-order valence-corrected chi connectivity index (χ3v) is 5.21. The molecule has 0 saturated heterocycles. The second kappa shape index (κ2) is 6.01. The molecule has 2 atom stereocenters. The van der Waals surface area contributed by atoms with E-state index < -0.39 is 26.9 Å². The lowest BCUT2D eigenvalue weighted by atomic mass is 10.3. The highest BCUT2D eigenvalue weighted by atomic mass is 35.5. The number of halogens is 1. The largest absolute Gasteiger partial charge is 0.398 e. The zero-order valence-electron chi connectivity index (χ0n) is 10.0. The molecule has 0 aliphatic rings. The van der Waals surface area contributed by atoms with Crippen molar-refractivity contribution in [3.05, 3.63) is 23.2 Å². The fourth-order valence-electron chi connectivity index (χ4n) is 1.52. The Kier molecular flexibility index (Phi) is 5.15. The van der Waals surface area contributed by atoms with Gasteiger partial charge in [-0.1, -0.05) is 17.7 Å². The molecule has 8 heteroatoms. The van der Waals surface area contributed by atoms with E-state index in [9.17, 15) is 12.6 Å². The van der Waals surface area contributed by atoms with Crippen LogP contribution >= 0.6 is 11.6 Å². The van der Waals surface area contributed by atoms with Gasteiger partial charge in [0.25, 0.3) is 0 Å². The molecule has 0 radical (unpaired) electrons. The van der Waals surface area contributed by atoms with Gasteiger partial charge in [0.2, 0.25) is 10.0 Å². The van der Waals surface area contributed by atoms with Gasteiger partial charge in [0.1, 0.15) is 4.90 Å². The zero-order valence-corrected chi connectivity index (χ0v) is 12.4. The van der Waals surface area contributed by atoms with E-state index in [4.69, 9.17) is 17.3 Å². The Morgan fingerprint density at radius 3 is 2.61 bits per heavy atom. The van der Waals surface area contributed by atoms with Crippen LogP contribution in [-0.2, 0) is 20.8 Å². The monoisotopic (exact) mass is 310 g/mol. The van der Waals surface area contributed by atoms with E-state index in [1.165, 1.54) is 18.4 Å². The molecule has 5 nitrogen and oxygen atoms in total. The quantitative estimate of drug-likeness (QED) is 0.793. The number of nitrogen functional groups attached to an aromatic ring is 1. The molecule has 0 spiro atoms. The van der Waals surface area contributed by atoms with E-state index in [0.717, 1.165) is 0 Å². The fraction of sp³-hybridized carbons (Fsp3) is 0.400. The summed E-state index contributed by atoms with van der Waals surface area (Å²) in [5.41, 5.74) is 5.70. The van der Waals surface area contributed by atoms with Gasteiger partial charge < -0.3 is 5.73 Å². The summed E-state index contributed by atoms with van der Waals surface area (Å²) in [4.78, 5) is -0.139. The van der Waals surface area contributed by atoms with Gasteiger partial charge >= 0.3 is 0 Å². The summed E-state index contributed by atoms with van der Waals surface area (Å²) >= 11 is 5.84. The molecule has 102 valence electrons. The van der Waals surface area contributed by atoms with Crippen molar-refractivity contribution in [3.8, 4) is 0 Å². The van der Waals surface area contributed by atoms with E-state index in [2.05, 4.69) is 4.72 Å². The lowest BCUT2D eigenvalue weighted by Crippen LogP contribution is -2.36. The molecule has 2 unspecified atom stereocenters. The van der Waals surface area contributed by atoms with Crippen LogP contribution in [-0.4, -0.2) is 30.7 Å². The first kappa shape index (κ1) is 15.4. The number of rotatable bonds is 5. The molecule has 0 amide bonds. The number of hydrogen-bond donors (Lipinski definition) is 2. The van der Waals surface area contributed by atoms with Crippen molar-refractivity contribution in [2.75, 3.05) is 17.7 Å².